The van der Waals surface area contributed by atoms with E-state index in [9.17, 15) is 13.2 Å². The zero-order valence-electron chi connectivity index (χ0n) is 19.2. The Hall–Kier alpha value is -4.52. The van der Waals surface area contributed by atoms with Crippen molar-refractivity contribution in [2.45, 2.75) is 6.18 Å². The van der Waals surface area contributed by atoms with Crippen LogP contribution in [0.25, 0.3) is 45.0 Å². The number of hydrogen-bond acceptors (Lipinski definition) is 4. The lowest BCUT2D eigenvalue weighted by molar-refractivity contribution is -0.137. The van der Waals surface area contributed by atoms with E-state index < -0.39 is 11.7 Å². The highest BCUT2D eigenvalue weighted by Gasteiger charge is 2.30. The Morgan fingerprint density at radius 1 is 0.583 bits per heavy atom. The predicted molar refractivity (Wildman–Crippen MR) is 133 cm³/mol. The van der Waals surface area contributed by atoms with E-state index in [1.165, 1.54) is 12.1 Å². The van der Waals surface area contributed by atoms with Gasteiger partial charge in [-0.1, -0.05) is 30.3 Å². The molecule has 0 atom stereocenters. The molecule has 0 N–H and O–H groups in total. The molecular weight excluding hydrogens is 463 g/mol. The molecule has 4 nitrogen and oxygen atoms in total. The van der Waals surface area contributed by atoms with Crippen LogP contribution in [0, 0.1) is 0 Å². The molecule has 0 aliphatic carbocycles. The van der Waals surface area contributed by atoms with E-state index in [0.717, 1.165) is 34.6 Å². The Morgan fingerprint density at radius 2 is 1.08 bits per heavy atom. The first kappa shape index (κ1) is 23.2. The minimum Gasteiger partial charge on any atom is -0.497 e. The molecule has 0 aliphatic rings. The zero-order chi connectivity index (χ0) is 25.1. The molecule has 0 amide bonds. The number of nitrogens with zero attached hydrogens (tertiary/aromatic N) is 3. The summed E-state index contributed by atoms with van der Waals surface area (Å²) in [4.78, 5) is 13.7. The molecule has 0 spiro atoms. The molecule has 36 heavy (non-hydrogen) atoms. The van der Waals surface area contributed by atoms with Crippen LogP contribution in [-0.4, -0.2) is 22.1 Å². The monoisotopic (exact) mass is 483 g/mol. The molecule has 0 fully saturated rings. The van der Waals surface area contributed by atoms with Gasteiger partial charge in [-0.15, -0.1) is 0 Å². The Balaban J connectivity index is 1.45. The number of pyridine rings is 3. The topological polar surface area (TPSA) is 47.9 Å². The largest absolute Gasteiger partial charge is 0.497 e. The maximum absolute atomic E-state index is 12.9. The minimum absolute atomic E-state index is 0.612. The Labute approximate surface area is 206 Å². The summed E-state index contributed by atoms with van der Waals surface area (Å²) in [7, 11) is 1.63. The van der Waals surface area contributed by atoms with Gasteiger partial charge in [0.2, 0.25) is 0 Å². The molecule has 3 aromatic heterocycles. The van der Waals surface area contributed by atoms with Crippen molar-refractivity contribution in [3.05, 3.63) is 109 Å². The second-order valence-corrected chi connectivity index (χ2v) is 8.07. The number of alkyl halides is 3. The van der Waals surface area contributed by atoms with Crippen molar-refractivity contribution in [2.75, 3.05) is 7.11 Å². The molecule has 0 saturated carbocycles. The highest BCUT2D eigenvalue weighted by Crippen LogP contribution is 2.32. The molecule has 0 aliphatic heterocycles. The molecule has 5 aromatic rings. The van der Waals surface area contributed by atoms with Gasteiger partial charge in [0.15, 0.2) is 0 Å². The lowest BCUT2D eigenvalue weighted by atomic mass is 10.0. The van der Waals surface area contributed by atoms with Crippen molar-refractivity contribution in [3.8, 4) is 50.8 Å². The lowest BCUT2D eigenvalue weighted by Gasteiger charge is -2.09. The summed E-state index contributed by atoms with van der Waals surface area (Å²) in [6.07, 6.45) is -1.00. The number of hydrogen-bond donors (Lipinski definition) is 0. The van der Waals surface area contributed by atoms with Crippen LogP contribution in [0.4, 0.5) is 13.2 Å². The second kappa shape index (κ2) is 9.62. The van der Waals surface area contributed by atoms with E-state index in [2.05, 4.69) is 9.97 Å². The molecular formula is C29H20F3N3O. The van der Waals surface area contributed by atoms with E-state index in [1.54, 1.807) is 25.6 Å². The van der Waals surface area contributed by atoms with Gasteiger partial charge in [-0.2, -0.15) is 13.2 Å². The quantitative estimate of drug-likeness (QED) is 0.259. The summed E-state index contributed by atoms with van der Waals surface area (Å²) in [5.74, 6) is 0.786. The first-order chi connectivity index (χ1) is 17.4. The SMILES string of the molecule is COc1ccc(-c2ccnc(-c3cccc(-c4cc(-c5ccc(C(F)(F)F)cc5)ccn4)n3)c2)cc1. The third-order valence-electron chi connectivity index (χ3n) is 5.76. The molecule has 0 radical (unpaired) electrons. The number of halogens is 3. The lowest BCUT2D eigenvalue weighted by Crippen LogP contribution is -2.04. The summed E-state index contributed by atoms with van der Waals surface area (Å²) < 4.78 is 44.0. The molecule has 0 bridgehead atoms. The minimum atomic E-state index is -4.37. The highest BCUT2D eigenvalue weighted by atomic mass is 19.4. The Kier molecular flexibility index (Phi) is 6.21. The van der Waals surface area contributed by atoms with Crippen molar-refractivity contribution < 1.29 is 17.9 Å². The number of rotatable bonds is 5. The first-order valence-corrected chi connectivity index (χ1v) is 11.1. The van der Waals surface area contributed by atoms with Gasteiger partial charge in [-0.3, -0.25) is 9.97 Å². The number of methoxy groups -OCH3 is 1. The third kappa shape index (κ3) is 4.95. The number of benzene rings is 2. The smallest absolute Gasteiger partial charge is 0.416 e. The van der Waals surface area contributed by atoms with Crippen LogP contribution < -0.4 is 4.74 Å². The molecule has 2 aromatic carbocycles. The number of aromatic nitrogens is 3. The van der Waals surface area contributed by atoms with Crippen LogP contribution in [-0.2, 0) is 6.18 Å². The van der Waals surface area contributed by atoms with Crippen LogP contribution >= 0.6 is 0 Å². The second-order valence-electron chi connectivity index (χ2n) is 8.07. The van der Waals surface area contributed by atoms with Crippen LogP contribution in [0.1, 0.15) is 5.56 Å². The van der Waals surface area contributed by atoms with Gasteiger partial charge in [0, 0.05) is 12.4 Å². The van der Waals surface area contributed by atoms with Crippen molar-refractivity contribution in [1.82, 2.24) is 15.0 Å². The first-order valence-electron chi connectivity index (χ1n) is 11.1. The van der Waals surface area contributed by atoms with E-state index in [0.29, 0.717) is 28.3 Å². The summed E-state index contributed by atoms with van der Waals surface area (Å²) in [6.45, 7) is 0. The fourth-order valence-electron chi connectivity index (χ4n) is 3.86. The average molecular weight is 483 g/mol. The summed E-state index contributed by atoms with van der Waals surface area (Å²) in [5, 5.41) is 0. The van der Waals surface area contributed by atoms with Gasteiger partial charge < -0.3 is 4.74 Å². The van der Waals surface area contributed by atoms with Gasteiger partial charge in [-0.25, -0.2) is 4.98 Å². The molecule has 5 rings (SSSR count). The fourth-order valence-corrected chi connectivity index (χ4v) is 3.86. The van der Waals surface area contributed by atoms with Crippen LogP contribution in [0.5, 0.6) is 5.75 Å². The molecule has 178 valence electrons. The summed E-state index contributed by atoms with van der Waals surface area (Å²) >= 11 is 0. The van der Waals surface area contributed by atoms with Crippen LogP contribution in [0.3, 0.4) is 0 Å². The van der Waals surface area contributed by atoms with E-state index in [4.69, 9.17) is 9.72 Å². The van der Waals surface area contributed by atoms with Crippen molar-refractivity contribution >= 4 is 0 Å². The van der Waals surface area contributed by atoms with Gasteiger partial charge in [0.25, 0.3) is 0 Å². The molecule has 7 heteroatoms. The van der Waals surface area contributed by atoms with Gasteiger partial charge >= 0.3 is 6.18 Å². The van der Waals surface area contributed by atoms with Gasteiger partial charge in [0.05, 0.1) is 35.4 Å². The molecule has 0 unspecified atom stereocenters. The van der Waals surface area contributed by atoms with E-state index in [-0.39, 0.29) is 0 Å². The third-order valence-corrected chi connectivity index (χ3v) is 5.76. The predicted octanol–water partition coefficient (Wildman–Crippen LogP) is 7.57. The zero-order valence-corrected chi connectivity index (χ0v) is 19.2. The normalized spacial score (nSPS) is 11.3. The Bertz CT molecular complexity index is 1500. The van der Waals surface area contributed by atoms with Gasteiger partial charge in [-0.05, 0) is 82.9 Å². The maximum Gasteiger partial charge on any atom is 0.416 e. The highest BCUT2D eigenvalue weighted by molar-refractivity contribution is 5.72. The maximum atomic E-state index is 12.9. The fraction of sp³-hybridized carbons (Fsp3) is 0.0690. The van der Waals surface area contributed by atoms with E-state index >= 15 is 0 Å². The van der Waals surface area contributed by atoms with Crippen molar-refractivity contribution in [2.24, 2.45) is 0 Å². The average Bonchev–Trinajstić information content (AvgIpc) is 2.93. The molecule has 3 heterocycles. The van der Waals surface area contributed by atoms with Crippen LogP contribution in [0.2, 0.25) is 0 Å². The summed E-state index contributed by atoms with van der Waals surface area (Å²) in [6, 6.07) is 25.9. The number of ether oxygens (including phenoxy) is 1. The molecule has 0 saturated heterocycles. The summed E-state index contributed by atoms with van der Waals surface area (Å²) in [5.41, 5.74) is 5.41. The van der Waals surface area contributed by atoms with Gasteiger partial charge in [0.1, 0.15) is 5.75 Å². The van der Waals surface area contributed by atoms with Crippen LogP contribution in [0.15, 0.2) is 103 Å². The van der Waals surface area contributed by atoms with Crippen molar-refractivity contribution in [1.29, 1.82) is 0 Å². The standard InChI is InChI=1S/C29H20F3N3O/c1-36-24-11-7-20(8-12-24)22-14-16-34-28(18-22)26-4-2-3-25(35-26)27-17-21(13-15-33-27)19-5-9-23(10-6-19)29(30,31)32/h2-18H,1H3. The van der Waals surface area contributed by atoms with Crippen molar-refractivity contribution in [3.63, 3.8) is 0 Å². The van der Waals surface area contributed by atoms with E-state index in [1.807, 2.05) is 60.7 Å². The Morgan fingerprint density at radius 3 is 1.56 bits per heavy atom.